The summed E-state index contributed by atoms with van der Waals surface area (Å²) >= 11 is 0. The molecule has 0 atom stereocenters. The van der Waals surface area contributed by atoms with Gasteiger partial charge in [0, 0.05) is 12.0 Å². The molecule has 0 aliphatic heterocycles. The molecule has 0 radical (unpaired) electrons. The molecular formula is C12H20N4O. The maximum absolute atomic E-state index is 5.87. The Balaban J connectivity index is 2.23. The number of hydrogen-bond acceptors (Lipinski definition) is 5. The third-order valence-corrected chi connectivity index (χ3v) is 3.04. The van der Waals surface area contributed by atoms with E-state index in [2.05, 4.69) is 22.3 Å². The van der Waals surface area contributed by atoms with Crippen LogP contribution >= 0.6 is 0 Å². The van der Waals surface area contributed by atoms with Crippen molar-refractivity contribution in [1.82, 2.24) is 9.97 Å². The van der Waals surface area contributed by atoms with E-state index in [1.54, 1.807) is 6.07 Å². The van der Waals surface area contributed by atoms with Gasteiger partial charge in [-0.25, -0.2) is 10.8 Å². The molecule has 3 N–H and O–H groups in total. The Hall–Kier alpha value is -1.36. The minimum absolute atomic E-state index is 0.221. The quantitative estimate of drug-likeness (QED) is 0.605. The summed E-state index contributed by atoms with van der Waals surface area (Å²) in [6, 6.07) is 1.74. The Morgan fingerprint density at radius 2 is 2.18 bits per heavy atom. The van der Waals surface area contributed by atoms with Gasteiger partial charge in [-0.05, 0) is 33.1 Å². The number of hydrogen-bond donors (Lipinski definition) is 2. The van der Waals surface area contributed by atoms with Crippen molar-refractivity contribution in [1.29, 1.82) is 0 Å². The monoisotopic (exact) mass is 236 g/mol. The van der Waals surface area contributed by atoms with E-state index < -0.39 is 0 Å². The number of nitrogens with two attached hydrogens (primary N) is 1. The highest BCUT2D eigenvalue weighted by Crippen LogP contribution is 2.39. The molecule has 1 aromatic rings. The molecule has 17 heavy (non-hydrogen) atoms. The lowest BCUT2D eigenvalue weighted by Gasteiger charge is -2.24. The van der Waals surface area contributed by atoms with Crippen LogP contribution in [0.1, 0.15) is 51.8 Å². The van der Waals surface area contributed by atoms with Crippen LogP contribution in [0.15, 0.2) is 6.07 Å². The van der Waals surface area contributed by atoms with Gasteiger partial charge < -0.3 is 10.2 Å². The molecule has 1 aliphatic rings. The maximum atomic E-state index is 5.87. The number of nitrogen functional groups attached to an aromatic ring is 1. The Morgan fingerprint density at radius 1 is 1.47 bits per heavy atom. The molecule has 5 heteroatoms. The molecule has 1 aliphatic carbocycles. The van der Waals surface area contributed by atoms with Crippen molar-refractivity contribution in [2.24, 2.45) is 5.84 Å². The van der Waals surface area contributed by atoms with Crippen molar-refractivity contribution < 1.29 is 4.74 Å². The number of anilines is 1. The number of ether oxygens (including phenoxy) is 1. The summed E-state index contributed by atoms with van der Waals surface area (Å²) in [6.45, 7) is 6.17. The third-order valence-electron chi connectivity index (χ3n) is 3.04. The van der Waals surface area contributed by atoms with Crippen LogP contribution in [-0.4, -0.2) is 15.6 Å². The number of aromatic nitrogens is 2. The van der Waals surface area contributed by atoms with Crippen molar-refractivity contribution in [3.05, 3.63) is 11.9 Å². The summed E-state index contributed by atoms with van der Waals surface area (Å²) in [5.41, 5.74) is 2.34. The zero-order chi connectivity index (χ0) is 12.5. The van der Waals surface area contributed by atoms with E-state index in [9.17, 15) is 0 Å². The summed E-state index contributed by atoms with van der Waals surface area (Å²) in [5, 5.41) is 0. The van der Waals surface area contributed by atoms with Crippen LogP contribution in [0.25, 0.3) is 0 Å². The molecule has 0 aromatic carbocycles. The van der Waals surface area contributed by atoms with Gasteiger partial charge in [0.1, 0.15) is 17.2 Å². The van der Waals surface area contributed by atoms with Crippen LogP contribution < -0.4 is 16.0 Å². The van der Waals surface area contributed by atoms with Gasteiger partial charge in [-0.3, -0.25) is 0 Å². The average Bonchev–Trinajstić information content (AvgIpc) is 3.12. The SMILES string of the molecule is CCC(C)(C)Oc1cc(NN)nc(C2CC2)n1. The predicted molar refractivity (Wildman–Crippen MR) is 66.8 cm³/mol. The highest BCUT2D eigenvalue weighted by molar-refractivity contribution is 5.38. The number of hydrazine groups is 1. The van der Waals surface area contributed by atoms with Crippen molar-refractivity contribution in [3.63, 3.8) is 0 Å². The fraction of sp³-hybridized carbons (Fsp3) is 0.667. The largest absolute Gasteiger partial charge is 0.472 e. The molecule has 0 bridgehead atoms. The maximum Gasteiger partial charge on any atom is 0.219 e. The number of rotatable bonds is 5. The van der Waals surface area contributed by atoms with E-state index in [1.807, 2.05) is 13.8 Å². The molecule has 0 unspecified atom stereocenters. The van der Waals surface area contributed by atoms with Gasteiger partial charge in [-0.1, -0.05) is 6.92 Å². The minimum atomic E-state index is -0.221. The first-order valence-electron chi connectivity index (χ1n) is 6.08. The first-order valence-corrected chi connectivity index (χ1v) is 6.08. The topological polar surface area (TPSA) is 73.1 Å². The fourth-order valence-corrected chi connectivity index (χ4v) is 1.45. The Morgan fingerprint density at radius 3 is 2.71 bits per heavy atom. The van der Waals surface area contributed by atoms with Crippen LogP contribution in [0.3, 0.4) is 0 Å². The van der Waals surface area contributed by atoms with E-state index in [0.29, 0.717) is 17.6 Å². The molecule has 2 rings (SSSR count). The molecule has 94 valence electrons. The summed E-state index contributed by atoms with van der Waals surface area (Å²) in [6.07, 6.45) is 3.23. The Kier molecular flexibility index (Phi) is 3.19. The van der Waals surface area contributed by atoms with Gasteiger partial charge in [-0.2, -0.15) is 4.98 Å². The van der Waals surface area contributed by atoms with Crippen molar-refractivity contribution in [2.45, 2.75) is 51.6 Å². The minimum Gasteiger partial charge on any atom is -0.472 e. The van der Waals surface area contributed by atoms with Crippen molar-refractivity contribution >= 4 is 5.82 Å². The molecule has 5 nitrogen and oxygen atoms in total. The molecule has 1 aromatic heterocycles. The van der Waals surface area contributed by atoms with E-state index >= 15 is 0 Å². The molecule has 1 heterocycles. The summed E-state index contributed by atoms with van der Waals surface area (Å²) in [4.78, 5) is 8.79. The average molecular weight is 236 g/mol. The lowest BCUT2D eigenvalue weighted by Crippen LogP contribution is -2.27. The van der Waals surface area contributed by atoms with Crippen LogP contribution in [0.2, 0.25) is 0 Å². The molecular weight excluding hydrogens is 216 g/mol. The lowest BCUT2D eigenvalue weighted by molar-refractivity contribution is 0.0986. The molecule has 1 saturated carbocycles. The zero-order valence-electron chi connectivity index (χ0n) is 10.7. The third kappa shape index (κ3) is 3.06. The number of nitrogens with one attached hydrogen (secondary N) is 1. The summed E-state index contributed by atoms with van der Waals surface area (Å²) in [5.74, 6) is 7.94. The van der Waals surface area contributed by atoms with Crippen molar-refractivity contribution in [3.8, 4) is 5.88 Å². The van der Waals surface area contributed by atoms with Gasteiger partial charge >= 0.3 is 0 Å². The standard InChI is InChI=1S/C12H20N4O/c1-4-12(2,3)17-10-7-9(16-13)14-11(15-10)8-5-6-8/h7-8H,4-6,13H2,1-3H3,(H,14,15,16). The van der Waals surface area contributed by atoms with Crippen LogP contribution in [0.4, 0.5) is 5.82 Å². The molecule has 0 amide bonds. The van der Waals surface area contributed by atoms with Crippen LogP contribution in [0.5, 0.6) is 5.88 Å². The molecule has 1 fully saturated rings. The zero-order valence-corrected chi connectivity index (χ0v) is 10.7. The van der Waals surface area contributed by atoms with Gasteiger partial charge in [0.25, 0.3) is 0 Å². The summed E-state index contributed by atoms with van der Waals surface area (Å²) in [7, 11) is 0. The first kappa shape index (κ1) is 12.1. The van der Waals surface area contributed by atoms with E-state index in [4.69, 9.17) is 10.6 Å². The van der Waals surface area contributed by atoms with E-state index in [1.165, 1.54) is 0 Å². The lowest BCUT2D eigenvalue weighted by atomic mass is 10.1. The predicted octanol–water partition coefficient (Wildman–Crippen LogP) is 2.21. The second kappa shape index (κ2) is 4.49. The normalized spacial score (nSPS) is 15.8. The van der Waals surface area contributed by atoms with Gasteiger partial charge in [0.05, 0.1) is 0 Å². The fourth-order valence-electron chi connectivity index (χ4n) is 1.45. The van der Waals surface area contributed by atoms with Crippen molar-refractivity contribution in [2.75, 3.05) is 5.43 Å². The highest BCUT2D eigenvalue weighted by Gasteiger charge is 2.28. The molecule has 0 saturated heterocycles. The second-order valence-corrected chi connectivity index (χ2v) is 5.08. The summed E-state index contributed by atoms with van der Waals surface area (Å²) < 4.78 is 5.87. The van der Waals surface area contributed by atoms with Gasteiger partial charge in [0.2, 0.25) is 5.88 Å². The first-order chi connectivity index (χ1) is 8.04. The Bertz CT molecular complexity index is 401. The van der Waals surface area contributed by atoms with Crippen LogP contribution in [-0.2, 0) is 0 Å². The van der Waals surface area contributed by atoms with Crippen LogP contribution in [0, 0.1) is 0 Å². The molecule has 0 spiro atoms. The van der Waals surface area contributed by atoms with Gasteiger partial charge in [0.15, 0.2) is 0 Å². The smallest absolute Gasteiger partial charge is 0.219 e. The second-order valence-electron chi connectivity index (χ2n) is 5.08. The van der Waals surface area contributed by atoms with Gasteiger partial charge in [-0.15, -0.1) is 0 Å². The highest BCUT2D eigenvalue weighted by atomic mass is 16.5. The van der Waals surface area contributed by atoms with E-state index in [-0.39, 0.29) is 5.60 Å². The van der Waals surface area contributed by atoms with E-state index in [0.717, 1.165) is 25.1 Å². The number of nitrogens with zero attached hydrogens (tertiary/aromatic N) is 2. The Labute approximate surface area is 102 Å².